The zero-order valence-electron chi connectivity index (χ0n) is 11.8. The lowest BCUT2D eigenvalue weighted by Crippen LogP contribution is -2.28. The predicted molar refractivity (Wildman–Crippen MR) is 93.8 cm³/mol. The van der Waals surface area contributed by atoms with Gasteiger partial charge in [0.2, 0.25) is 0 Å². The summed E-state index contributed by atoms with van der Waals surface area (Å²) in [7, 11) is 0. The normalized spacial score (nSPS) is 22.0. The van der Waals surface area contributed by atoms with E-state index in [9.17, 15) is 0 Å². The number of hydrogen-bond acceptors (Lipinski definition) is 2. The molecule has 2 nitrogen and oxygen atoms in total. The van der Waals surface area contributed by atoms with Crippen LogP contribution in [0, 0.1) is 0 Å². The van der Waals surface area contributed by atoms with Crippen LogP contribution in [-0.2, 0) is 6.54 Å². The van der Waals surface area contributed by atoms with E-state index in [4.69, 9.17) is 5.73 Å². The Bertz CT molecular complexity index is 559. The first kappa shape index (κ1) is 16.5. The molecule has 112 valence electrons. The van der Waals surface area contributed by atoms with E-state index in [1.54, 1.807) is 0 Å². The van der Waals surface area contributed by atoms with Crippen LogP contribution in [0.25, 0.3) is 0 Å². The van der Waals surface area contributed by atoms with E-state index in [-0.39, 0.29) is 18.4 Å². The third-order valence-corrected chi connectivity index (χ3v) is 4.52. The number of nitrogens with two attached hydrogens (primary N) is 1. The maximum absolute atomic E-state index is 6.33. The molecule has 0 bridgehead atoms. The van der Waals surface area contributed by atoms with Gasteiger partial charge in [-0.15, -0.1) is 12.4 Å². The molecule has 1 saturated heterocycles. The van der Waals surface area contributed by atoms with Gasteiger partial charge in [-0.1, -0.05) is 58.4 Å². The van der Waals surface area contributed by atoms with E-state index in [1.165, 1.54) is 11.1 Å². The van der Waals surface area contributed by atoms with Gasteiger partial charge in [-0.3, -0.25) is 4.90 Å². The zero-order chi connectivity index (χ0) is 13.9. The summed E-state index contributed by atoms with van der Waals surface area (Å²) in [5.41, 5.74) is 9.03. The van der Waals surface area contributed by atoms with Crippen molar-refractivity contribution < 1.29 is 0 Å². The minimum absolute atomic E-state index is 0. The molecular formula is C17H20BrClN2. The summed E-state index contributed by atoms with van der Waals surface area (Å²) in [6.45, 7) is 2.99. The minimum Gasteiger partial charge on any atom is -0.326 e. The van der Waals surface area contributed by atoms with Crippen molar-refractivity contribution in [3.63, 3.8) is 0 Å². The Kier molecular flexibility index (Phi) is 5.82. The maximum atomic E-state index is 6.33. The lowest BCUT2D eigenvalue weighted by molar-refractivity contribution is 0.324. The average Bonchev–Trinajstić information content (AvgIpc) is 2.83. The summed E-state index contributed by atoms with van der Waals surface area (Å²) in [4.78, 5) is 2.45. The van der Waals surface area contributed by atoms with Crippen LogP contribution in [-0.4, -0.2) is 24.0 Å². The second-order valence-corrected chi connectivity index (χ2v) is 6.42. The van der Waals surface area contributed by atoms with Crippen molar-refractivity contribution >= 4 is 28.3 Å². The van der Waals surface area contributed by atoms with Crippen molar-refractivity contribution in [3.05, 3.63) is 70.2 Å². The van der Waals surface area contributed by atoms with E-state index >= 15 is 0 Å². The topological polar surface area (TPSA) is 29.3 Å². The quantitative estimate of drug-likeness (QED) is 0.894. The van der Waals surface area contributed by atoms with Gasteiger partial charge in [-0.25, -0.2) is 0 Å². The molecule has 21 heavy (non-hydrogen) atoms. The second kappa shape index (κ2) is 7.41. The predicted octanol–water partition coefficient (Wildman–Crippen LogP) is 3.80. The van der Waals surface area contributed by atoms with Gasteiger partial charge in [0.05, 0.1) is 0 Å². The summed E-state index contributed by atoms with van der Waals surface area (Å²) < 4.78 is 1.13. The van der Waals surface area contributed by atoms with Crippen molar-refractivity contribution in [3.8, 4) is 0 Å². The van der Waals surface area contributed by atoms with Gasteiger partial charge in [0.15, 0.2) is 0 Å². The van der Waals surface area contributed by atoms with Crippen LogP contribution in [0.15, 0.2) is 59.1 Å². The largest absolute Gasteiger partial charge is 0.326 e. The summed E-state index contributed by atoms with van der Waals surface area (Å²) >= 11 is 3.47. The minimum atomic E-state index is 0. The highest BCUT2D eigenvalue weighted by Crippen LogP contribution is 2.27. The molecule has 1 fully saturated rings. The van der Waals surface area contributed by atoms with Gasteiger partial charge in [0.25, 0.3) is 0 Å². The molecule has 2 atom stereocenters. The summed E-state index contributed by atoms with van der Waals surface area (Å²) in [6, 6.07) is 19.4. The van der Waals surface area contributed by atoms with Gasteiger partial charge < -0.3 is 5.73 Å². The molecule has 1 aliphatic heterocycles. The van der Waals surface area contributed by atoms with Crippen molar-refractivity contribution in [2.45, 2.75) is 18.5 Å². The molecule has 2 aromatic carbocycles. The third kappa shape index (κ3) is 4.07. The molecule has 1 aliphatic rings. The van der Waals surface area contributed by atoms with Crippen molar-refractivity contribution in [1.82, 2.24) is 4.90 Å². The lowest BCUT2D eigenvalue weighted by Gasteiger charge is -2.16. The van der Waals surface area contributed by atoms with Gasteiger partial charge in [-0.2, -0.15) is 0 Å². The van der Waals surface area contributed by atoms with E-state index in [2.05, 4.69) is 75.4 Å². The van der Waals surface area contributed by atoms with Crippen molar-refractivity contribution in [2.24, 2.45) is 5.73 Å². The van der Waals surface area contributed by atoms with E-state index < -0.39 is 0 Å². The highest BCUT2D eigenvalue weighted by Gasteiger charge is 2.30. The van der Waals surface area contributed by atoms with Crippen LogP contribution in [0.5, 0.6) is 0 Å². The summed E-state index contributed by atoms with van der Waals surface area (Å²) in [6.07, 6.45) is 0. The molecule has 1 heterocycles. The van der Waals surface area contributed by atoms with Gasteiger partial charge in [0.1, 0.15) is 0 Å². The Balaban J connectivity index is 0.00000161. The summed E-state index contributed by atoms with van der Waals surface area (Å²) in [5, 5.41) is 0. The molecule has 3 rings (SSSR count). The van der Waals surface area contributed by atoms with Crippen molar-refractivity contribution in [2.75, 3.05) is 13.1 Å². The number of halogens is 2. The van der Waals surface area contributed by atoms with Crippen molar-refractivity contribution in [1.29, 1.82) is 0 Å². The smallest absolute Gasteiger partial charge is 0.0250 e. The number of likely N-dealkylation sites (tertiary alicyclic amines) is 1. The van der Waals surface area contributed by atoms with Crippen LogP contribution in [0.2, 0.25) is 0 Å². The van der Waals surface area contributed by atoms with Crippen LogP contribution in [0.1, 0.15) is 17.0 Å². The molecule has 4 heteroatoms. The fourth-order valence-electron chi connectivity index (χ4n) is 2.94. The monoisotopic (exact) mass is 366 g/mol. The number of rotatable bonds is 3. The molecule has 0 amide bonds. The number of benzene rings is 2. The molecule has 2 N–H and O–H groups in total. The number of nitrogens with zero attached hydrogens (tertiary/aromatic N) is 1. The first-order valence-corrected chi connectivity index (χ1v) is 7.79. The average molecular weight is 368 g/mol. The van der Waals surface area contributed by atoms with E-state index in [0.717, 1.165) is 24.1 Å². The van der Waals surface area contributed by atoms with Crippen LogP contribution >= 0.6 is 28.3 Å². The van der Waals surface area contributed by atoms with Gasteiger partial charge >= 0.3 is 0 Å². The lowest BCUT2D eigenvalue weighted by atomic mass is 9.95. The fourth-order valence-corrected chi connectivity index (χ4v) is 3.21. The summed E-state index contributed by atoms with van der Waals surface area (Å²) in [5.74, 6) is 0.451. The molecule has 0 aliphatic carbocycles. The molecule has 0 aromatic heterocycles. The standard InChI is InChI=1S/C17H19BrN2.ClH/c18-15-8-6-13(7-9-15)10-20-11-16(17(19)12-20)14-4-2-1-3-5-14;/h1-9,16-17H,10-12,19H2;1H/t16-,17+;/m0./s1. The SMILES string of the molecule is Cl.N[C@@H]1CN(Cc2ccc(Br)cc2)C[C@H]1c1ccccc1. The maximum Gasteiger partial charge on any atom is 0.0250 e. The highest BCUT2D eigenvalue weighted by molar-refractivity contribution is 9.10. The Labute approximate surface area is 140 Å². The highest BCUT2D eigenvalue weighted by atomic mass is 79.9. The van der Waals surface area contributed by atoms with Crippen LogP contribution in [0.4, 0.5) is 0 Å². The van der Waals surface area contributed by atoms with E-state index in [1.807, 2.05) is 0 Å². The Morgan fingerprint density at radius 3 is 2.33 bits per heavy atom. The number of hydrogen-bond donors (Lipinski definition) is 1. The Morgan fingerprint density at radius 1 is 1.00 bits per heavy atom. The van der Waals surface area contributed by atoms with Gasteiger partial charge in [0, 0.05) is 36.1 Å². The van der Waals surface area contributed by atoms with E-state index in [0.29, 0.717) is 5.92 Å². The Hall–Kier alpha value is -0.870. The molecule has 2 aromatic rings. The fraction of sp³-hybridized carbons (Fsp3) is 0.294. The molecule has 0 spiro atoms. The third-order valence-electron chi connectivity index (χ3n) is 3.99. The first-order valence-electron chi connectivity index (χ1n) is 7.00. The zero-order valence-corrected chi connectivity index (χ0v) is 14.2. The molecule has 0 radical (unpaired) electrons. The molecular weight excluding hydrogens is 348 g/mol. The van der Waals surface area contributed by atoms with Crippen LogP contribution in [0.3, 0.4) is 0 Å². The first-order chi connectivity index (χ1) is 9.72. The molecule has 0 saturated carbocycles. The second-order valence-electron chi connectivity index (χ2n) is 5.50. The Morgan fingerprint density at radius 2 is 1.67 bits per heavy atom. The van der Waals surface area contributed by atoms with Crippen LogP contribution < -0.4 is 5.73 Å². The van der Waals surface area contributed by atoms with Gasteiger partial charge in [-0.05, 0) is 23.3 Å². The molecule has 0 unspecified atom stereocenters.